The molecule has 3 aliphatic rings. The zero-order valence-corrected chi connectivity index (χ0v) is 22.8. The predicted molar refractivity (Wildman–Crippen MR) is 141 cm³/mol. The summed E-state index contributed by atoms with van der Waals surface area (Å²) in [6, 6.07) is 4.06. The van der Waals surface area contributed by atoms with E-state index in [4.69, 9.17) is 24.1 Å². The molecule has 0 aromatic heterocycles. The van der Waals surface area contributed by atoms with Crippen molar-refractivity contribution in [2.45, 2.75) is 77.1 Å². The van der Waals surface area contributed by atoms with Crippen molar-refractivity contribution in [3.05, 3.63) is 40.1 Å². The van der Waals surface area contributed by atoms with Crippen LogP contribution in [0.1, 0.15) is 60.8 Å². The van der Waals surface area contributed by atoms with Crippen LogP contribution in [-0.2, 0) is 28.5 Å². The summed E-state index contributed by atoms with van der Waals surface area (Å²) < 4.78 is 22.8. The van der Waals surface area contributed by atoms with Crippen molar-refractivity contribution >= 4 is 17.5 Å². The first kappa shape index (κ1) is 28.5. The lowest BCUT2D eigenvalue weighted by molar-refractivity contribution is -0.154. The highest BCUT2D eigenvalue weighted by atomic mass is 16.6. The summed E-state index contributed by atoms with van der Waals surface area (Å²) in [5, 5.41) is 19.8. The fraction of sp³-hybridized carbons (Fsp3) is 0.655. The van der Waals surface area contributed by atoms with E-state index in [9.17, 15) is 14.7 Å². The minimum Gasteiger partial charge on any atom is -0.507 e. The number of benzene rings is 1. The van der Waals surface area contributed by atoms with E-state index in [1.165, 1.54) is 0 Å². The molecule has 210 valence electrons. The number of aryl methyl sites for hydroxylation is 3. The van der Waals surface area contributed by atoms with Crippen LogP contribution < -0.4 is 0 Å². The van der Waals surface area contributed by atoms with E-state index in [-0.39, 0.29) is 31.2 Å². The molecule has 1 aromatic carbocycles. The third-order valence-electron chi connectivity index (χ3n) is 7.90. The van der Waals surface area contributed by atoms with E-state index in [0.29, 0.717) is 31.6 Å². The molecule has 1 saturated carbocycles. The SMILES string of the molecule is Cc1cc(C)c(C2=C(O)C3(CCC(OC4CCN(CCOCCOCC(=O)O)CC4)CC3)OC2=O)c(C)c1. The van der Waals surface area contributed by atoms with Gasteiger partial charge >= 0.3 is 11.9 Å². The van der Waals surface area contributed by atoms with Crippen LogP contribution in [0.2, 0.25) is 0 Å². The number of aliphatic hydroxyl groups is 1. The van der Waals surface area contributed by atoms with Gasteiger partial charge in [0.2, 0.25) is 0 Å². The summed E-state index contributed by atoms with van der Waals surface area (Å²) >= 11 is 0. The molecule has 0 atom stereocenters. The Kier molecular flexibility index (Phi) is 9.46. The molecular formula is C29H41NO8. The second-order valence-corrected chi connectivity index (χ2v) is 10.8. The minimum absolute atomic E-state index is 0.0833. The van der Waals surface area contributed by atoms with E-state index in [2.05, 4.69) is 4.90 Å². The number of aliphatic hydroxyl groups excluding tert-OH is 1. The highest BCUT2D eigenvalue weighted by Crippen LogP contribution is 2.47. The van der Waals surface area contributed by atoms with Crippen molar-refractivity contribution in [2.24, 2.45) is 0 Å². The average Bonchev–Trinajstić information content (AvgIpc) is 3.09. The van der Waals surface area contributed by atoms with Crippen LogP contribution in [0, 0.1) is 20.8 Å². The Hall–Kier alpha value is -2.46. The van der Waals surface area contributed by atoms with Crippen LogP contribution in [0.25, 0.3) is 5.57 Å². The van der Waals surface area contributed by atoms with Gasteiger partial charge in [0.25, 0.3) is 0 Å². The average molecular weight is 532 g/mol. The van der Waals surface area contributed by atoms with E-state index in [1.807, 2.05) is 32.9 Å². The lowest BCUT2D eigenvalue weighted by atomic mass is 9.80. The molecule has 2 N–H and O–H groups in total. The monoisotopic (exact) mass is 531 g/mol. The molecule has 38 heavy (non-hydrogen) atoms. The van der Waals surface area contributed by atoms with Crippen molar-refractivity contribution in [2.75, 3.05) is 46.1 Å². The fourth-order valence-electron chi connectivity index (χ4n) is 6.04. The summed E-state index contributed by atoms with van der Waals surface area (Å²) in [7, 11) is 0. The number of esters is 1. The summed E-state index contributed by atoms with van der Waals surface area (Å²) in [4.78, 5) is 25.7. The van der Waals surface area contributed by atoms with Gasteiger partial charge in [-0.05, 0) is 76.0 Å². The highest BCUT2D eigenvalue weighted by molar-refractivity contribution is 6.20. The molecule has 1 spiro atoms. The number of nitrogens with zero attached hydrogens (tertiary/aromatic N) is 1. The van der Waals surface area contributed by atoms with Crippen molar-refractivity contribution in [1.29, 1.82) is 0 Å². The molecule has 1 aromatic rings. The maximum Gasteiger partial charge on any atom is 0.343 e. The smallest absolute Gasteiger partial charge is 0.343 e. The number of aliphatic carboxylic acids is 1. The minimum atomic E-state index is -0.975. The fourth-order valence-corrected chi connectivity index (χ4v) is 6.04. The number of likely N-dealkylation sites (tertiary alicyclic amines) is 1. The Balaban J connectivity index is 1.21. The lowest BCUT2D eigenvalue weighted by Gasteiger charge is -2.39. The summed E-state index contributed by atoms with van der Waals surface area (Å²) in [6.45, 7) is 9.65. The van der Waals surface area contributed by atoms with Gasteiger partial charge in [0.15, 0.2) is 11.4 Å². The summed E-state index contributed by atoms with van der Waals surface area (Å²) in [5.74, 6) is -1.32. The number of rotatable bonds is 11. The van der Waals surface area contributed by atoms with Crippen LogP contribution in [-0.4, -0.2) is 90.9 Å². The standard InChI is InChI=1S/C29H41NO8/c1-19-16-20(2)25(21(3)17-19)26-27(33)29(38-28(26)34)8-4-22(5-9-29)37-23-6-10-30(11-7-23)12-13-35-14-15-36-18-24(31)32/h16-17,22-23,33H,4-15,18H2,1-3H3,(H,31,32). The molecule has 2 aliphatic heterocycles. The first-order valence-corrected chi connectivity index (χ1v) is 13.7. The third kappa shape index (κ3) is 6.75. The second-order valence-electron chi connectivity index (χ2n) is 10.8. The van der Waals surface area contributed by atoms with Crippen molar-refractivity contribution in [3.8, 4) is 0 Å². The molecule has 2 heterocycles. The number of piperidine rings is 1. The number of carboxylic acid groups (broad SMARTS) is 1. The van der Waals surface area contributed by atoms with E-state index >= 15 is 0 Å². The van der Waals surface area contributed by atoms with Crippen molar-refractivity contribution in [3.63, 3.8) is 0 Å². The number of ether oxygens (including phenoxy) is 4. The second kappa shape index (κ2) is 12.6. The molecule has 1 saturated heterocycles. The first-order valence-electron chi connectivity index (χ1n) is 13.7. The van der Waals surface area contributed by atoms with Gasteiger partial charge in [-0.1, -0.05) is 17.7 Å². The quantitative estimate of drug-likeness (QED) is 0.326. The molecule has 1 aliphatic carbocycles. The maximum atomic E-state index is 12.9. The molecule has 0 radical (unpaired) electrons. The third-order valence-corrected chi connectivity index (χ3v) is 7.90. The Morgan fingerprint density at radius 1 is 1.00 bits per heavy atom. The van der Waals surface area contributed by atoms with Gasteiger partial charge in [-0.25, -0.2) is 9.59 Å². The molecule has 4 rings (SSSR count). The number of carbonyl (C=O) groups excluding carboxylic acids is 1. The Labute approximate surface area is 224 Å². The molecular weight excluding hydrogens is 490 g/mol. The molecule has 2 fully saturated rings. The topological polar surface area (TPSA) is 115 Å². The van der Waals surface area contributed by atoms with Crippen LogP contribution in [0.3, 0.4) is 0 Å². The highest BCUT2D eigenvalue weighted by Gasteiger charge is 2.51. The number of carboxylic acids is 1. The largest absolute Gasteiger partial charge is 0.507 e. The van der Waals surface area contributed by atoms with Gasteiger partial charge in [-0.15, -0.1) is 0 Å². The van der Waals surface area contributed by atoms with Crippen LogP contribution in [0.15, 0.2) is 17.9 Å². The van der Waals surface area contributed by atoms with E-state index in [0.717, 1.165) is 67.6 Å². The zero-order chi connectivity index (χ0) is 27.3. The molecule has 0 unspecified atom stereocenters. The van der Waals surface area contributed by atoms with Crippen molar-refractivity contribution < 1.29 is 38.7 Å². The molecule has 9 nitrogen and oxygen atoms in total. The van der Waals surface area contributed by atoms with Gasteiger partial charge in [0, 0.05) is 19.6 Å². The van der Waals surface area contributed by atoms with Gasteiger partial charge < -0.3 is 34.1 Å². The number of hydrogen-bond donors (Lipinski definition) is 2. The van der Waals surface area contributed by atoms with Gasteiger partial charge in [0.1, 0.15) is 12.2 Å². The molecule has 0 amide bonds. The first-order chi connectivity index (χ1) is 18.2. The van der Waals surface area contributed by atoms with Gasteiger partial charge in [0.05, 0.1) is 32.0 Å². The summed E-state index contributed by atoms with van der Waals surface area (Å²) in [6.07, 6.45) is 4.84. The lowest BCUT2D eigenvalue weighted by Crippen LogP contribution is -2.43. The Morgan fingerprint density at radius 2 is 1.61 bits per heavy atom. The predicted octanol–water partition coefficient (Wildman–Crippen LogP) is 3.72. The molecule has 9 heteroatoms. The maximum absolute atomic E-state index is 12.9. The Morgan fingerprint density at radius 3 is 2.24 bits per heavy atom. The number of carbonyl (C=O) groups is 2. The van der Waals surface area contributed by atoms with Crippen molar-refractivity contribution in [1.82, 2.24) is 4.90 Å². The molecule has 0 bridgehead atoms. The van der Waals surface area contributed by atoms with E-state index in [1.54, 1.807) is 0 Å². The normalized spacial score (nSPS) is 24.8. The van der Waals surface area contributed by atoms with E-state index < -0.39 is 17.5 Å². The summed E-state index contributed by atoms with van der Waals surface area (Å²) in [5.41, 5.74) is 3.25. The van der Waals surface area contributed by atoms with Crippen LogP contribution in [0.5, 0.6) is 0 Å². The van der Waals surface area contributed by atoms with Crippen LogP contribution in [0.4, 0.5) is 0 Å². The van der Waals surface area contributed by atoms with Gasteiger partial charge in [-0.3, -0.25) is 0 Å². The number of hydrogen-bond acceptors (Lipinski definition) is 8. The Bertz CT molecular complexity index is 1010. The zero-order valence-electron chi connectivity index (χ0n) is 22.8. The van der Waals surface area contributed by atoms with Gasteiger partial charge in [-0.2, -0.15) is 0 Å². The van der Waals surface area contributed by atoms with Crippen LogP contribution >= 0.6 is 0 Å².